The van der Waals surface area contributed by atoms with Crippen molar-refractivity contribution >= 4 is 23.2 Å². The van der Waals surface area contributed by atoms with Crippen LogP contribution in [-0.2, 0) is 5.41 Å². The molecular weight excluding hydrogens is 267 g/mol. The van der Waals surface area contributed by atoms with Gasteiger partial charge in [0.2, 0.25) is 0 Å². The van der Waals surface area contributed by atoms with Gasteiger partial charge < -0.3 is 0 Å². The van der Waals surface area contributed by atoms with Crippen molar-refractivity contribution in [1.82, 2.24) is 9.97 Å². The molecule has 4 heteroatoms. The standard InChI is InChI=1S/C14H14Cl2N2/c1-14(2,3)13-17-11(8-12(16)18-13)9-6-4-5-7-10(9)15/h4-8H,1-3H3. The summed E-state index contributed by atoms with van der Waals surface area (Å²) in [6.45, 7) is 6.15. The highest BCUT2D eigenvalue weighted by molar-refractivity contribution is 6.33. The minimum atomic E-state index is -0.152. The number of benzene rings is 1. The fraction of sp³-hybridized carbons (Fsp3) is 0.286. The molecule has 1 heterocycles. The Morgan fingerprint density at radius 2 is 1.67 bits per heavy atom. The zero-order valence-electron chi connectivity index (χ0n) is 10.5. The third kappa shape index (κ3) is 2.82. The first-order valence-electron chi connectivity index (χ1n) is 5.68. The van der Waals surface area contributed by atoms with E-state index in [-0.39, 0.29) is 5.41 Å². The predicted molar refractivity (Wildman–Crippen MR) is 76.2 cm³/mol. The lowest BCUT2D eigenvalue weighted by molar-refractivity contribution is 0.546. The van der Waals surface area contributed by atoms with Crippen LogP contribution in [0.1, 0.15) is 26.6 Å². The highest BCUT2D eigenvalue weighted by Gasteiger charge is 2.19. The normalized spacial score (nSPS) is 11.6. The summed E-state index contributed by atoms with van der Waals surface area (Å²) < 4.78 is 0. The second kappa shape index (κ2) is 4.87. The second-order valence-electron chi connectivity index (χ2n) is 5.13. The van der Waals surface area contributed by atoms with E-state index in [0.717, 1.165) is 11.3 Å². The van der Waals surface area contributed by atoms with Gasteiger partial charge in [-0.15, -0.1) is 0 Å². The van der Waals surface area contributed by atoms with Crippen LogP contribution in [0.15, 0.2) is 30.3 Å². The van der Waals surface area contributed by atoms with Gasteiger partial charge in [-0.1, -0.05) is 62.2 Å². The number of halogens is 2. The summed E-state index contributed by atoms with van der Waals surface area (Å²) in [7, 11) is 0. The molecule has 0 radical (unpaired) electrons. The monoisotopic (exact) mass is 280 g/mol. The van der Waals surface area contributed by atoms with E-state index in [9.17, 15) is 0 Å². The van der Waals surface area contributed by atoms with Gasteiger partial charge >= 0.3 is 0 Å². The topological polar surface area (TPSA) is 25.8 Å². The summed E-state index contributed by atoms with van der Waals surface area (Å²) in [6.07, 6.45) is 0. The molecule has 0 saturated carbocycles. The molecule has 0 bridgehead atoms. The first-order chi connectivity index (χ1) is 8.38. The Morgan fingerprint density at radius 1 is 1.00 bits per heavy atom. The average Bonchev–Trinajstić information content (AvgIpc) is 2.27. The Hall–Kier alpha value is -1.12. The van der Waals surface area contributed by atoms with E-state index in [1.807, 2.05) is 24.3 Å². The molecule has 2 nitrogen and oxygen atoms in total. The van der Waals surface area contributed by atoms with E-state index in [1.165, 1.54) is 0 Å². The molecule has 0 aliphatic carbocycles. The van der Waals surface area contributed by atoms with Gasteiger partial charge in [0.05, 0.1) is 5.69 Å². The second-order valence-corrected chi connectivity index (χ2v) is 5.92. The maximum atomic E-state index is 6.17. The highest BCUT2D eigenvalue weighted by Crippen LogP contribution is 2.29. The Labute approximate surface area is 117 Å². The Kier molecular flexibility index (Phi) is 3.60. The van der Waals surface area contributed by atoms with Gasteiger partial charge in [0.15, 0.2) is 0 Å². The molecule has 0 amide bonds. The van der Waals surface area contributed by atoms with Gasteiger partial charge in [-0.05, 0) is 6.07 Å². The summed E-state index contributed by atoms with van der Waals surface area (Å²) in [4.78, 5) is 8.83. The third-order valence-electron chi connectivity index (χ3n) is 2.52. The summed E-state index contributed by atoms with van der Waals surface area (Å²) >= 11 is 12.2. The van der Waals surface area contributed by atoms with Crippen LogP contribution in [0.2, 0.25) is 10.2 Å². The van der Waals surface area contributed by atoms with E-state index in [1.54, 1.807) is 6.07 Å². The lowest BCUT2D eigenvalue weighted by atomic mass is 9.95. The molecule has 0 aliphatic heterocycles. The van der Waals surface area contributed by atoms with Gasteiger partial charge in [0, 0.05) is 22.1 Å². The predicted octanol–water partition coefficient (Wildman–Crippen LogP) is 4.75. The fourth-order valence-electron chi connectivity index (χ4n) is 1.56. The first-order valence-corrected chi connectivity index (χ1v) is 6.43. The zero-order chi connectivity index (χ0) is 13.3. The molecule has 1 aromatic heterocycles. The van der Waals surface area contributed by atoms with E-state index in [0.29, 0.717) is 16.0 Å². The summed E-state index contributed by atoms with van der Waals surface area (Å²) in [6, 6.07) is 9.31. The molecule has 0 unspecified atom stereocenters. The third-order valence-corrected chi connectivity index (χ3v) is 3.04. The molecular formula is C14H14Cl2N2. The van der Waals surface area contributed by atoms with Crippen molar-refractivity contribution in [2.24, 2.45) is 0 Å². The van der Waals surface area contributed by atoms with Crippen molar-refractivity contribution < 1.29 is 0 Å². The molecule has 0 aliphatic rings. The lowest BCUT2D eigenvalue weighted by Gasteiger charge is -2.17. The van der Waals surface area contributed by atoms with E-state index in [4.69, 9.17) is 23.2 Å². The van der Waals surface area contributed by atoms with Crippen LogP contribution in [0, 0.1) is 0 Å². The van der Waals surface area contributed by atoms with Gasteiger partial charge in [-0.3, -0.25) is 0 Å². The van der Waals surface area contributed by atoms with Crippen LogP contribution in [0.25, 0.3) is 11.3 Å². The van der Waals surface area contributed by atoms with Crippen molar-refractivity contribution in [1.29, 1.82) is 0 Å². The number of nitrogens with zero attached hydrogens (tertiary/aromatic N) is 2. The van der Waals surface area contributed by atoms with E-state index in [2.05, 4.69) is 30.7 Å². The van der Waals surface area contributed by atoms with Crippen molar-refractivity contribution in [2.45, 2.75) is 26.2 Å². The van der Waals surface area contributed by atoms with Gasteiger partial charge in [0.25, 0.3) is 0 Å². The summed E-state index contributed by atoms with van der Waals surface area (Å²) in [5.41, 5.74) is 1.47. The lowest BCUT2D eigenvalue weighted by Crippen LogP contribution is -2.16. The fourth-order valence-corrected chi connectivity index (χ4v) is 1.98. The first kappa shape index (κ1) is 13.3. The number of hydrogen-bond donors (Lipinski definition) is 0. The molecule has 0 spiro atoms. The van der Waals surface area contributed by atoms with Crippen molar-refractivity contribution in [3.8, 4) is 11.3 Å². The minimum Gasteiger partial charge on any atom is -0.232 e. The van der Waals surface area contributed by atoms with E-state index >= 15 is 0 Å². The molecule has 0 saturated heterocycles. The van der Waals surface area contributed by atoms with Crippen LogP contribution in [0.4, 0.5) is 0 Å². The van der Waals surface area contributed by atoms with Crippen LogP contribution in [0.3, 0.4) is 0 Å². The maximum absolute atomic E-state index is 6.17. The molecule has 0 N–H and O–H groups in total. The van der Waals surface area contributed by atoms with E-state index < -0.39 is 0 Å². The highest BCUT2D eigenvalue weighted by atomic mass is 35.5. The Bertz CT molecular complexity index is 574. The largest absolute Gasteiger partial charge is 0.232 e. The number of rotatable bonds is 1. The number of hydrogen-bond acceptors (Lipinski definition) is 2. The minimum absolute atomic E-state index is 0.152. The maximum Gasteiger partial charge on any atom is 0.136 e. The summed E-state index contributed by atoms with van der Waals surface area (Å²) in [5.74, 6) is 0.713. The molecule has 18 heavy (non-hydrogen) atoms. The van der Waals surface area contributed by atoms with Crippen LogP contribution < -0.4 is 0 Å². The molecule has 0 atom stereocenters. The van der Waals surface area contributed by atoms with Crippen molar-refractivity contribution in [3.63, 3.8) is 0 Å². The molecule has 0 fully saturated rings. The average molecular weight is 281 g/mol. The molecule has 2 rings (SSSR count). The summed E-state index contributed by atoms with van der Waals surface area (Å²) in [5, 5.41) is 1.09. The van der Waals surface area contributed by atoms with Crippen LogP contribution in [-0.4, -0.2) is 9.97 Å². The van der Waals surface area contributed by atoms with Gasteiger partial charge in [-0.2, -0.15) is 0 Å². The quantitative estimate of drug-likeness (QED) is 0.705. The SMILES string of the molecule is CC(C)(C)c1nc(Cl)cc(-c2ccccc2Cl)n1. The van der Waals surface area contributed by atoms with Gasteiger partial charge in [-0.25, -0.2) is 9.97 Å². The molecule has 1 aromatic carbocycles. The molecule has 94 valence electrons. The van der Waals surface area contributed by atoms with Gasteiger partial charge in [0.1, 0.15) is 11.0 Å². The van der Waals surface area contributed by atoms with Crippen LogP contribution >= 0.6 is 23.2 Å². The smallest absolute Gasteiger partial charge is 0.136 e. The number of aromatic nitrogens is 2. The van der Waals surface area contributed by atoms with Crippen molar-refractivity contribution in [2.75, 3.05) is 0 Å². The zero-order valence-corrected chi connectivity index (χ0v) is 12.0. The Balaban J connectivity index is 2.60. The Morgan fingerprint density at radius 3 is 2.28 bits per heavy atom. The van der Waals surface area contributed by atoms with Crippen LogP contribution in [0.5, 0.6) is 0 Å². The van der Waals surface area contributed by atoms with Crippen molar-refractivity contribution in [3.05, 3.63) is 46.3 Å². The molecule has 2 aromatic rings.